The average molecular weight is 259 g/mol. The van der Waals surface area contributed by atoms with Crippen molar-refractivity contribution < 1.29 is 4.79 Å². The summed E-state index contributed by atoms with van der Waals surface area (Å²) in [6, 6.07) is 4.56. The number of ketones is 1. The smallest absolute Gasteiger partial charge is 0.132 e. The Hall–Kier alpha value is -1.15. The van der Waals surface area contributed by atoms with Gasteiger partial charge in [0.1, 0.15) is 5.78 Å². The first-order chi connectivity index (χ1) is 9.06. The zero-order valence-corrected chi connectivity index (χ0v) is 12.4. The third-order valence-electron chi connectivity index (χ3n) is 4.36. The summed E-state index contributed by atoms with van der Waals surface area (Å²) in [5, 5.41) is 3.56. The average Bonchev–Trinajstić information content (AvgIpc) is 2.38. The number of hydrogen-bond donors (Lipinski definition) is 1. The Morgan fingerprint density at radius 2 is 1.68 bits per heavy atom. The summed E-state index contributed by atoms with van der Waals surface area (Å²) in [4.78, 5) is 11.2. The van der Waals surface area contributed by atoms with Gasteiger partial charge in [-0.2, -0.15) is 0 Å². The minimum atomic E-state index is 0.446. The van der Waals surface area contributed by atoms with Gasteiger partial charge in [-0.3, -0.25) is 4.79 Å². The molecule has 1 aliphatic rings. The normalized spacial score (nSPS) is 16.9. The van der Waals surface area contributed by atoms with Gasteiger partial charge in [0.25, 0.3) is 0 Å². The van der Waals surface area contributed by atoms with E-state index in [0.717, 1.165) is 38.8 Å². The molecule has 1 aliphatic carbocycles. The molecule has 1 aromatic rings. The highest BCUT2D eigenvalue weighted by atomic mass is 16.1. The molecule has 0 amide bonds. The van der Waals surface area contributed by atoms with E-state index in [1.165, 1.54) is 22.3 Å². The van der Waals surface area contributed by atoms with Gasteiger partial charge in [0.05, 0.1) is 0 Å². The zero-order chi connectivity index (χ0) is 13.8. The molecule has 2 nitrogen and oxygen atoms in total. The van der Waals surface area contributed by atoms with Crippen LogP contribution in [0.1, 0.15) is 47.9 Å². The lowest BCUT2D eigenvalue weighted by atomic mass is 9.88. The van der Waals surface area contributed by atoms with E-state index >= 15 is 0 Å². The van der Waals surface area contributed by atoms with Crippen molar-refractivity contribution in [3.8, 4) is 0 Å². The molecule has 0 spiro atoms. The van der Waals surface area contributed by atoms with E-state index in [0.29, 0.717) is 11.7 Å². The Bertz CT molecular complexity index is 455. The second-order valence-electron chi connectivity index (χ2n) is 5.98. The SMILES string of the molecule is Cc1cc(C)c(CNCC2CCC(=O)CC2)cc1C. The van der Waals surface area contributed by atoms with E-state index in [4.69, 9.17) is 0 Å². The molecule has 0 radical (unpaired) electrons. The van der Waals surface area contributed by atoms with Crippen molar-refractivity contribution in [1.82, 2.24) is 5.32 Å². The maximum atomic E-state index is 11.2. The number of benzene rings is 1. The van der Waals surface area contributed by atoms with E-state index in [-0.39, 0.29) is 0 Å². The van der Waals surface area contributed by atoms with Crippen molar-refractivity contribution in [1.29, 1.82) is 0 Å². The van der Waals surface area contributed by atoms with E-state index in [2.05, 4.69) is 38.2 Å². The molecular weight excluding hydrogens is 234 g/mol. The fraction of sp³-hybridized carbons (Fsp3) is 0.588. The second-order valence-corrected chi connectivity index (χ2v) is 5.98. The molecule has 104 valence electrons. The first kappa shape index (κ1) is 14.3. The van der Waals surface area contributed by atoms with Crippen LogP contribution in [-0.2, 0) is 11.3 Å². The molecule has 1 N–H and O–H groups in total. The molecule has 0 heterocycles. The van der Waals surface area contributed by atoms with Crippen LogP contribution in [0.25, 0.3) is 0 Å². The number of nitrogens with one attached hydrogen (secondary N) is 1. The zero-order valence-electron chi connectivity index (χ0n) is 12.4. The molecule has 1 aromatic carbocycles. The molecular formula is C17H25NO. The van der Waals surface area contributed by atoms with Gasteiger partial charge < -0.3 is 5.32 Å². The standard InChI is InChI=1S/C17H25NO/c1-12-8-14(3)16(9-13(12)2)11-18-10-15-4-6-17(19)7-5-15/h8-9,15,18H,4-7,10-11H2,1-3H3. The highest BCUT2D eigenvalue weighted by Gasteiger charge is 2.18. The summed E-state index contributed by atoms with van der Waals surface area (Å²) in [5.74, 6) is 1.13. The Balaban J connectivity index is 1.82. The van der Waals surface area contributed by atoms with E-state index in [1.807, 2.05) is 0 Å². The van der Waals surface area contributed by atoms with Crippen LogP contribution in [0.15, 0.2) is 12.1 Å². The Morgan fingerprint density at radius 3 is 2.37 bits per heavy atom. The van der Waals surface area contributed by atoms with Crippen LogP contribution in [0.3, 0.4) is 0 Å². The second kappa shape index (κ2) is 6.33. The van der Waals surface area contributed by atoms with Gasteiger partial charge in [-0.05, 0) is 68.3 Å². The summed E-state index contributed by atoms with van der Waals surface area (Å²) in [5.41, 5.74) is 5.50. The lowest BCUT2D eigenvalue weighted by Crippen LogP contribution is -2.26. The Morgan fingerprint density at radius 1 is 1.05 bits per heavy atom. The van der Waals surface area contributed by atoms with Crippen molar-refractivity contribution in [2.24, 2.45) is 5.92 Å². The van der Waals surface area contributed by atoms with Gasteiger partial charge in [-0.15, -0.1) is 0 Å². The Labute approximate surface area is 116 Å². The molecule has 2 rings (SSSR count). The van der Waals surface area contributed by atoms with Crippen LogP contribution in [-0.4, -0.2) is 12.3 Å². The van der Waals surface area contributed by atoms with Gasteiger partial charge in [0.15, 0.2) is 0 Å². The summed E-state index contributed by atoms with van der Waals surface area (Å²) >= 11 is 0. The number of rotatable bonds is 4. The number of carbonyl (C=O) groups excluding carboxylic acids is 1. The van der Waals surface area contributed by atoms with Crippen LogP contribution in [0.2, 0.25) is 0 Å². The Kier molecular flexibility index (Phi) is 4.76. The predicted octanol–water partition coefficient (Wildman–Crippen LogP) is 3.46. The van der Waals surface area contributed by atoms with Crippen LogP contribution >= 0.6 is 0 Å². The largest absolute Gasteiger partial charge is 0.312 e. The molecule has 1 fully saturated rings. The molecule has 0 aliphatic heterocycles. The molecule has 19 heavy (non-hydrogen) atoms. The fourth-order valence-electron chi connectivity index (χ4n) is 2.83. The van der Waals surface area contributed by atoms with Crippen LogP contribution < -0.4 is 5.32 Å². The van der Waals surface area contributed by atoms with Gasteiger partial charge >= 0.3 is 0 Å². The van der Waals surface area contributed by atoms with E-state index in [9.17, 15) is 4.79 Å². The van der Waals surface area contributed by atoms with Crippen molar-refractivity contribution >= 4 is 5.78 Å². The molecule has 1 saturated carbocycles. The summed E-state index contributed by atoms with van der Waals surface area (Å²) in [6.45, 7) is 8.50. The monoisotopic (exact) mass is 259 g/mol. The lowest BCUT2D eigenvalue weighted by Gasteiger charge is -2.21. The molecule has 0 atom stereocenters. The topological polar surface area (TPSA) is 29.1 Å². The highest BCUT2D eigenvalue weighted by Crippen LogP contribution is 2.21. The van der Waals surface area contributed by atoms with Crippen molar-refractivity contribution in [2.75, 3.05) is 6.54 Å². The minimum Gasteiger partial charge on any atom is -0.312 e. The molecule has 0 aromatic heterocycles. The number of aryl methyl sites for hydroxylation is 3. The van der Waals surface area contributed by atoms with Gasteiger partial charge in [-0.1, -0.05) is 12.1 Å². The van der Waals surface area contributed by atoms with Gasteiger partial charge in [0, 0.05) is 19.4 Å². The van der Waals surface area contributed by atoms with Crippen LogP contribution in [0.5, 0.6) is 0 Å². The first-order valence-corrected chi connectivity index (χ1v) is 7.35. The van der Waals surface area contributed by atoms with Gasteiger partial charge in [-0.25, -0.2) is 0 Å². The molecule has 0 bridgehead atoms. The molecule has 0 unspecified atom stereocenters. The maximum Gasteiger partial charge on any atom is 0.132 e. The predicted molar refractivity (Wildman–Crippen MR) is 79.3 cm³/mol. The van der Waals surface area contributed by atoms with Crippen molar-refractivity contribution in [3.05, 3.63) is 34.4 Å². The van der Waals surface area contributed by atoms with Gasteiger partial charge in [0.2, 0.25) is 0 Å². The number of carbonyl (C=O) groups is 1. The summed E-state index contributed by atoms with van der Waals surface area (Å²) in [7, 11) is 0. The van der Waals surface area contributed by atoms with E-state index in [1.54, 1.807) is 0 Å². The summed E-state index contributed by atoms with van der Waals surface area (Å²) in [6.07, 6.45) is 3.71. The van der Waals surface area contributed by atoms with Crippen LogP contribution in [0, 0.1) is 26.7 Å². The number of Topliss-reactive ketones (excluding diaryl/α,β-unsaturated/α-hetero) is 1. The molecule has 2 heteroatoms. The van der Waals surface area contributed by atoms with Crippen molar-refractivity contribution in [2.45, 2.75) is 53.0 Å². The van der Waals surface area contributed by atoms with Crippen LogP contribution in [0.4, 0.5) is 0 Å². The lowest BCUT2D eigenvalue weighted by molar-refractivity contribution is -0.120. The minimum absolute atomic E-state index is 0.446. The van der Waals surface area contributed by atoms with Crippen molar-refractivity contribution in [3.63, 3.8) is 0 Å². The third kappa shape index (κ3) is 3.90. The first-order valence-electron chi connectivity index (χ1n) is 7.35. The number of hydrogen-bond acceptors (Lipinski definition) is 2. The van der Waals surface area contributed by atoms with E-state index < -0.39 is 0 Å². The third-order valence-corrected chi connectivity index (χ3v) is 4.36. The fourth-order valence-corrected chi connectivity index (χ4v) is 2.83. The molecule has 0 saturated heterocycles. The maximum absolute atomic E-state index is 11.2. The quantitative estimate of drug-likeness (QED) is 0.897. The summed E-state index contributed by atoms with van der Waals surface area (Å²) < 4.78 is 0. The highest BCUT2D eigenvalue weighted by molar-refractivity contribution is 5.79.